The predicted molar refractivity (Wildman–Crippen MR) is 96.0 cm³/mol. The highest BCUT2D eigenvalue weighted by Crippen LogP contribution is 2.31. The first-order valence-electron chi connectivity index (χ1n) is 7.84. The van der Waals surface area contributed by atoms with Gasteiger partial charge in [-0.25, -0.2) is 4.68 Å². The van der Waals surface area contributed by atoms with E-state index in [2.05, 4.69) is 79.2 Å². The standard InChI is InChI=1S/C21H18N2/c1-15-12-16(2)14-18(13-15)23-21(17-8-4-3-5-9-17)19-10-6-7-11-20(19)22-23/h3-14H,1-2H3. The van der Waals surface area contributed by atoms with Crippen molar-refractivity contribution in [3.05, 3.63) is 83.9 Å². The minimum absolute atomic E-state index is 1.02. The van der Waals surface area contributed by atoms with Gasteiger partial charge in [0.25, 0.3) is 0 Å². The number of aromatic nitrogens is 2. The van der Waals surface area contributed by atoms with Crippen molar-refractivity contribution in [3.8, 4) is 16.9 Å². The van der Waals surface area contributed by atoms with Crippen LogP contribution in [0, 0.1) is 13.8 Å². The van der Waals surface area contributed by atoms with Crippen LogP contribution in [0.25, 0.3) is 27.8 Å². The topological polar surface area (TPSA) is 17.8 Å². The lowest BCUT2D eigenvalue weighted by atomic mass is 10.1. The number of aryl methyl sites for hydroxylation is 2. The van der Waals surface area contributed by atoms with E-state index in [4.69, 9.17) is 5.10 Å². The van der Waals surface area contributed by atoms with E-state index in [0.29, 0.717) is 0 Å². The van der Waals surface area contributed by atoms with Crippen LogP contribution in [0.15, 0.2) is 72.8 Å². The van der Waals surface area contributed by atoms with Crippen LogP contribution in [-0.2, 0) is 0 Å². The third-order valence-electron chi connectivity index (χ3n) is 4.08. The predicted octanol–water partition coefficient (Wildman–Crippen LogP) is 5.31. The second-order valence-corrected chi connectivity index (χ2v) is 5.99. The van der Waals surface area contributed by atoms with Gasteiger partial charge in [0.1, 0.15) is 0 Å². The van der Waals surface area contributed by atoms with Gasteiger partial charge in [-0.2, -0.15) is 5.10 Å². The largest absolute Gasteiger partial charge is 0.232 e. The molecule has 0 atom stereocenters. The van der Waals surface area contributed by atoms with Gasteiger partial charge in [0, 0.05) is 10.9 Å². The number of hydrogen-bond donors (Lipinski definition) is 0. The number of nitrogens with zero attached hydrogens (tertiary/aromatic N) is 2. The molecule has 2 heteroatoms. The molecule has 0 fully saturated rings. The summed E-state index contributed by atoms with van der Waals surface area (Å²) in [7, 11) is 0. The van der Waals surface area contributed by atoms with Gasteiger partial charge in [0.2, 0.25) is 0 Å². The SMILES string of the molecule is Cc1cc(C)cc(-n2nc3ccccc3c2-c2ccccc2)c1. The zero-order chi connectivity index (χ0) is 15.8. The summed E-state index contributed by atoms with van der Waals surface area (Å²) in [5.41, 5.74) is 6.95. The molecule has 112 valence electrons. The van der Waals surface area contributed by atoms with Crippen LogP contribution >= 0.6 is 0 Å². The molecule has 1 aromatic heterocycles. The van der Waals surface area contributed by atoms with Gasteiger partial charge in [-0.05, 0) is 43.2 Å². The Labute approximate surface area is 136 Å². The minimum Gasteiger partial charge on any atom is -0.232 e. The Hall–Kier alpha value is -2.87. The summed E-state index contributed by atoms with van der Waals surface area (Å²) in [6.07, 6.45) is 0. The number of fused-ring (bicyclic) bond motifs is 1. The summed E-state index contributed by atoms with van der Waals surface area (Å²) < 4.78 is 2.07. The van der Waals surface area contributed by atoms with E-state index < -0.39 is 0 Å². The fourth-order valence-corrected chi connectivity index (χ4v) is 3.17. The quantitative estimate of drug-likeness (QED) is 0.490. The van der Waals surface area contributed by atoms with Crippen LogP contribution in [-0.4, -0.2) is 9.78 Å². The monoisotopic (exact) mass is 298 g/mol. The van der Waals surface area contributed by atoms with Crippen molar-refractivity contribution in [1.29, 1.82) is 0 Å². The third-order valence-corrected chi connectivity index (χ3v) is 4.08. The third kappa shape index (κ3) is 2.42. The fourth-order valence-electron chi connectivity index (χ4n) is 3.17. The summed E-state index contributed by atoms with van der Waals surface area (Å²) in [6.45, 7) is 4.25. The van der Waals surface area contributed by atoms with Crippen molar-refractivity contribution >= 4 is 10.9 Å². The number of benzene rings is 3. The Kier molecular flexibility index (Phi) is 3.23. The molecule has 0 saturated carbocycles. The van der Waals surface area contributed by atoms with Crippen molar-refractivity contribution in [2.24, 2.45) is 0 Å². The maximum atomic E-state index is 4.86. The lowest BCUT2D eigenvalue weighted by Crippen LogP contribution is -2.00. The second-order valence-electron chi connectivity index (χ2n) is 5.99. The van der Waals surface area contributed by atoms with Crippen LogP contribution in [0.4, 0.5) is 0 Å². The number of hydrogen-bond acceptors (Lipinski definition) is 1. The summed E-state index contributed by atoms with van der Waals surface area (Å²) in [5, 5.41) is 6.04. The fraction of sp³-hybridized carbons (Fsp3) is 0.0952. The van der Waals surface area contributed by atoms with Crippen molar-refractivity contribution in [2.75, 3.05) is 0 Å². The van der Waals surface area contributed by atoms with E-state index in [9.17, 15) is 0 Å². The van der Waals surface area contributed by atoms with Gasteiger partial charge >= 0.3 is 0 Å². The molecule has 0 N–H and O–H groups in total. The molecule has 23 heavy (non-hydrogen) atoms. The van der Waals surface area contributed by atoms with Crippen LogP contribution in [0.5, 0.6) is 0 Å². The lowest BCUT2D eigenvalue weighted by molar-refractivity contribution is 0.901. The summed E-state index contributed by atoms with van der Waals surface area (Å²) in [5.74, 6) is 0. The van der Waals surface area contributed by atoms with Crippen LogP contribution in [0.2, 0.25) is 0 Å². The van der Waals surface area contributed by atoms with Crippen molar-refractivity contribution in [2.45, 2.75) is 13.8 Å². The Morgan fingerprint density at radius 3 is 2.13 bits per heavy atom. The molecule has 4 rings (SSSR count). The van der Waals surface area contributed by atoms with E-state index >= 15 is 0 Å². The van der Waals surface area contributed by atoms with Gasteiger partial charge in [-0.3, -0.25) is 0 Å². The average Bonchev–Trinajstić information content (AvgIpc) is 2.94. The van der Waals surface area contributed by atoms with Gasteiger partial charge in [-0.1, -0.05) is 54.6 Å². The van der Waals surface area contributed by atoms with Gasteiger partial charge in [0.15, 0.2) is 0 Å². The van der Waals surface area contributed by atoms with E-state index in [1.54, 1.807) is 0 Å². The minimum atomic E-state index is 1.02. The van der Waals surface area contributed by atoms with Crippen molar-refractivity contribution < 1.29 is 0 Å². The first-order valence-corrected chi connectivity index (χ1v) is 7.84. The lowest BCUT2D eigenvalue weighted by Gasteiger charge is -2.10. The molecule has 0 aliphatic heterocycles. The highest BCUT2D eigenvalue weighted by molar-refractivity contribution is 5.94. The molecule has 0 bridgehead atoms. The molecule has 4 aromatic rings. The Morgan fingerprint density at radius 2 is 1.39 bits per heavy atom. The molecule has 0 aliphatic carbocycles. The zero-order valence-corrected chi connectivity index (χ0v) is 13.3. The van der Waals surface area contributed by atoms with Crippen molar-refractivity contribution in [3.63, 3.8) is 0 Å². The van der Waals surface area contributed by atoms with Crippen LogP contribution < -0.4 is 0 Å². The highest BCUT2D eigenvalue weighted by Gasteiger charge is 2.14. The average molecular weight is 298 g/mol. The van der Waals surface area contributed by atoms with Gasteiger partial charge < -0.3 is 0 Å². The maximum absolute atomic E-state index is 4.86. The molecule has 2 nitrogen and oxygen atoms in total. The molecule has 0 radical (unpaired) electrons. The molecule has 0 amide bonds. The van der Waals surface area contributed by atoms with Crippen molar-refractivity contribution in [1.82, 2.24) is 9.78 Å². The second kappa shape index (κ2) is 5.40. The molecule has 1 heterocycles. The Balaban J connectivity index is 2.07. The van der Waals surface area contributed by atoms with E-state index in [-0.39, 0.29) is 0 Å². The van der Waals surface area contributed by atoms with E-state index in [0.717, 1.165) is 16.9 Å². The van der Waals surface area contributed by atoms with Gasteiger partial charge in [0.05, 0.1) is 16.9 Å². The molecule has 0 aliphatic rings. The van der Waals surface area contributed by atoms with Crippen LogP contribution in [0.3, 0.4) is 0 Å². The smallest absolute Gasteiger partial charge is 0.0934 e. The highest BCUT2D eigenvalue weighted by atomic mass is 15.3. The molecular formula is C21H18N2. The Morgan fingerprint density at radius 1 is 0.739 bits per heavy atom. The van der Waals surface area contributed by atoms with E-state index in [1.807, 2.05) is 12.1 Å². The molecule has 3 aromatic carbocycles. The normalized spacial score (nSPS) is 11.0. The summed E-state index contributed by atoms with van der Waals surface area (Å²) in [6, 6.07) is 25.4. The molecule has 0 saturated heterocycles. The Bertz CT molecular complexity index is 961. The maximum Gasteiger partial charge on any atom is 0.0934 e. The first kappa shape index (κ1) is 13.8. The zero-order valence-electron chi connectivity index (χ0n) is 13.3. The summed E-state index contributed by atoms with van der Waals surface area (Å²) in [4.78, 5) is 0. The van der Waals surface area contributed by atoms with Gasteiger partial charge in [-0.15, -0.1) is 0 Å². The molecular weight excluding hydrogens is 280 g/mol. The molecule has 0 spiro atoms. The molecule has 0 unspecified atom stereocenters. The van der Waals surface area contributed by atoms with Crippen LogP contribution in [0.1, 0.15) is 11.1 Å². The first-order chi connectivity index (χ1) is 11.2. The summed E-state index contributed by atoms with van der Waals surface area (Å²) >= 11 is 0. The van der Waals surface area contributed by atoms with E-state index in [1.165, 1.54) is 22.1 Å². The number of rotatable bonds is 2.